The monoisotopic (exact) mass is 235 g/mol. The molecule has 1 aromatic heterocycles. The lowest BCUT2D eigenvalue weighted by molar-refractivity contribution is 0.0841. The summed E-state index contributed by atoms with van der Waals surface area (Å²) in [5.74, 6) is 0.389. The summed E-state index contributed by atoms with van der Waals surface area (Å²) in [7, 11) is 0. The van der Waals surface area contributed by atoms with E-state index in [1.807, 2.05) is 0 Å². The van der Waals surface area contributed by atoms with Crippen LogP contribution < -0.4 is 11.0 Å². The Hall–Kier alpha value is -1.20. The van der Waals surface area contributed by atoms with Crippen molar-refractivity contribution < 1.29 is 4.74 Å². The molecule has 0 bridgehead atoms. The van der Waals surface area contributed by atoms with E-state index in [4.69, 9.17) is 4.74 Å². The zero-order valence-electron chi connectivity index (χ0n) is 9.79. The number of ether oxygens (including phenoxy) is 1. The highest BCUT2D eigenvalue weighted by molar-refractivity contribution is 5.29. The second kappa shape index (κ2) is 4.58. The van der Waals surface area contributed by atoms with Gasteiger partial charge in [-0.2, -0.15) is 4.98 Å². The molecule has 0 aromatic carbocycles. The van der Waals surface area contributed by atoms with Crippen molar-refractivity contribution in [3.8, 4) is 0 Å². The van der Waals surface area contributed by atoms with Gasteiger partial charge in [-0.1, -0.05) is 0 Å². The van der Waals surface area contributed by atoms with Crippen LogP contribution in [0.3, 0.4) is 0 Å². The van der Waals surface area contributed by atoms with Gasteiger partial charge >= 0.3 is 5.69 Å². The Morgan fingerprint density at radius 2 is 2.12 bits per heavy atom. The standard InChI is InChI=1S/C12H17N3O2/c16-12-14-10-1-4-13-7-9(10)11(15-12)8-2-5-17-6-3-8/h8,13H,1-7H2,(H,14,15,16). The molecule has 1 saturated heterocycles. The minimum Gasteiger partial charge on any atom is -0.381 e. The van der Waals surface area contributed by atoms with Crippen LogP contribution in [0, 0.1) is 0 Å². The van der Waals surface area contributed by atoms with Gasteiger partial charge in [-0.25, -0.2) is 4.79 Å². The fourth-order valence-electron chi connectivity index (χ4n) is 2.71. The molecule has 3 heterocycles. The molecular formula is C12H17N3O2. The second-order valence-electron chi connectivity index (χ2n) is 4.70. The molecule has 1 aromatic rings. The fourth-order valence-corrected chi connectivity index (χ4v) is 2.71. The molecule has 5 nitrogen and oxygen atoms in total. The highest BCUT2D eigenvalue weighted by atomic mass is 16.5. The van der Waals surface area contributed by atoms with Crippen LogP contribution in [0.25, 0.3) is 0 Å². The molecule has 0 saturated carbocycles. The largest absolute Gasteiger partial charge is 0.381 e. The summed E-state index contributed by atoms with van der Waals surface area (Å²) in [6.07, 6.45) is 2.84. The molecule has 5 heteroatoms. The van der Waals surface area contributed by atoms with Gasteiger partial charge < -0.3 is 15.0 Å². The normalized spacial score (nSPS) is 21.2. The van der Waals surface area contributed by atoms with Crippen LogP contribution >= 0.6 is 0 Å². The molecule has 0 amide bonds. The summed E-state index contributed by atoms with van der Waals surface area (Å²) in [4.78, 5) is 18.7. The van der Waals surface area contributed by atoms with Gasteiger partial charge in [0.25, 0.3) is 0 Å². The van der Waals surface area contributed by atoms with Crippen LogP contribution in [0.2, 0.25) is 0 Å². The molecule has 3 rings (SSSR count). The number of fused-ring (bicyclic) bond motifs is 1. The first-order chi connectivity index (χ1) is 8.34. The maximum Gasteiger partial charge on any atom is 0.345 e. The Labute approximate surface area is 99.6 Å². The molecule has 2 aliphatic heterocycles. The number of aromatic amines is 1. The van der Waals surface area contributed by atoms with E-state index in [1.54, 1.807) is 0 Å². The molecule has 0 atom stereocenters. The number of rotatable bonds is 1. The van der Waals surface area contributed by atoms with Crippen LogP contribution in [0.1, 0.15) is 35.7 Å². The van der Waals surface area contributed by atoms with E-state index < -0.39 is 0 Å². The lowest BCUT2D eigenvalue weighted by Gasteiger charge is -2.26. The Balaban J connectivity index is 2.01. The number of nitrogens with one attached hydrogen (secondary N) is 2. The van der Waals surface area contributed by atoms with Gasteiger partial charge in [0.05, 0.1) is 5.69 Å². The molecule has 0 aliphatic carbocycles. The first-order valence-corrected chi connectivity index (χ1v) is 6.25. The van der Waals surface area contributed by atoms with Crippen molar-refractivity contribution in [2.45, 2.75) is 31.7 Å². The average molecular weight is 235 g/mol. The quantitative estimate of drug-likeness (QED) is 0.735. The van der Waals surface area contributed by atoms with Crippen molar-refractivity contribution in [2.24, 2.45) is 0 Å². The SMILES string of the molecule is O=c1nc(C2CCOCC2)c2c([nH]1)CCNC2. The highest BCUT2D eigenvalue weighted by Gasteiger charge is 2.24. The van der Waals surface area contributed by atoms with Crippen LogP contribution in [0.4, 0.5) is 0 Å². The lowest BCUT2D eigenvalue weighted by atomic mass is 9.91. The molecule has 2 aliphatic rings. The van der Waals surface area contributed by atoms with E-state index in [-0.39, 0.29) is 5.69 Å². The number of aromatic nitrogens is 2. The number of hydrogen-bond acceptors (Lipinski definition) is 4. The van der Waals surface area contributed by atoms with Crippen molar-refractivity contribution in [2.75, 3.05) is 19.8 Å². The van der Waals surface area contributed by atoms with Gasteiger partial charge in [0.1, 0.15) is 0 Å². The van der Waals surface area contributed by atoms with Crippen LogP contribution in [0.15, 0.2) is 4.79 Å². The minimum absolute atomic E-state index is 0.202. The van der Waals surface area contributed by atoms with E-state index in [9.17, 15) is 4.79 Å². The van der Waals surface area contributed by atoms with E-state index in [1.165, 1.54) is 5.56 Å². The van der Waals surface area contributed by atoms with Gasteiger partial charge in [-0.05, 0) is 12.8 Å². The summed E-state index contributed by atoms with van der Waals surface area (Å²) in [6.45, 7) is 3.31. The molecule has 0 spiro atoms. The Morgan fingerprint density at radius 1 is 1.29 bits per heavy atom. The maximum atomic E-state index is 11.6. The molecule has 92 valence electrons. The topological polar surface area (TPSA) is 67.0 Å². The molecule has 1 fully saturated rings. The third-order valence-corrected chi connectivity index (χ3v) is 3.61. The van der Waals surface area contributed by atoms with Crippen molar-refractivity contribution >= 4 is 0 Å². The van der Waals surface area contributed by atoms with E-state index in [0.29, 0.717) is 5.92 Å². The lowest BCUT2D eigenvalue weighted by Crippen LogP contribution is -2.32. The third kappa shape index (κ3) is 2.12. The molecule has 2 N–H and O–H groups in total. The van der Waals surface area contributed by atoms with Crippen molar-refractivity contribution in [3.05, 3.63) is 27.4 Å². The predicted octanol–water partition coefficient (Wildman–Crippen LogP) is 0.310. The van der Waals surface area contributed by atoms with Gasteiger partial charge in [0.2, 0.25) is 0 Å². The van der Waals surface area contributed by atoms with Gasteiger partial charge in [0, 0.05) is 49.9 Å². The molecule has 17 heavy (non-hydrogen) atoms. The van der Waals surface area contributed by atoms with Crippen LogP contribution in [0.5, 0.6) is 0 Å². The van der Waals surface area contributed by atoms with Gasteiger partial charge in [-0.3, -0.25) is 0 Å². The number of H-pyrrole nitrogens is 1. The van der Waals surface area contributed by atoms with Crippen molar-refractivity contribution in [3.63, 3.8) is 0 Å². The van der Waals surface area contributed by atoms with Crippen LogP contribution in [-0.4, -0.2) is 29.7 Å². The van der Waals surface area contributed by atoms with E-state index in [0.717, 1.165) is 57.0 Å². The van der Waals surface area contributed by atoms with E-state index >= 15 is 0 Å². The summed E-state index contributed by atoms with van der Waals surface area (Å²) in [5, 5.41) is 3.35. The predicted molar refractivity (Wildman–Crippen MR) is 63.1 cm³/mol. The molecule has 0 unspecified atom stereocenters. The Morgan fingerprint density at radius 3 is 2.94 bits per heavy atom. The minimum atomic E-state index is -0.202. The highest BCUT2D eigenvalue weighted by Crippen LogP contribution is 2.28. The zero-order valence-corrected chi connectivity index (χ0v) is 9.79. The summed E-state index contributed by atoms with van der Waals surface area (Å²) >= 11 is 0. The number of hydrogen-bond donors (Lipinski definition) is 2. The van der Waals surface area contributed by atoms with Crippen LogP contribution in [-0.2, 0) is 17.7 Å². The van der Waals surface area contributed by atoms with E-state index in [2.05, 4.69) is 15.3 Å². The Kier molecular flexibility index (Phi) is 2.94. The first-order valence-electron chi connectivity index (χ1n) is 6.25. The number of nitrogens with zero attached hydrogens (tertiary/aromatic N) is 1. The summed E-state index contributed by atoms with van der Waals surface area (Å²) in [5.41, 5.74) is 3.08. The smallest absolute Gasteiger partial charge is 0.345 e. The molecular weight excluding hydrogens is 218 g/mol. The molecule has 0 radical (unpaired) electrons. The van der Waals surface area contributed by atoms with Crippen molar-refractivity contribution in [1.29, 1.82) is 0 Å². The van der Waals surface area contributed by atoms with Gasteiger partial charge in [-0.15, -0.1) is 0 Å². The van der Waals surface area contributed by atoms with Crippen molar-refractivity contribution in [1.82, 2.24) is 15.3 Å². The van der Waals surface area contributed by atoms with Gasteiger partial charge in [0.15, 0.2) is 0 Å². The second-order valence-corrected chi connectivity index (χ2v) is 4.70. The summed E-state index contributed by atoms with van der Waals surface area (Å²) < 4.78 is 5.37. The maximum absolute atomic E-state index is 11.6. The average Bonchev–Trinajstić information content (AvgIpc) is 2.39. The summed E-state index contributed by atoms with van der Waals surface area (Å²) in [6, 6.07) is 0. The first kappa shape index (κ1) is 10.9. The zero-order chi connectivity index (χ0) is 11.7. The fraction of sp³-hybridized carbons (Fsp3) is 0.667. The third-order valence-electron chi connectivity index (χ3n) is 3.61. The Bertz CT molecular complexity index is 463.